The molecule has 1 aliphatic heterocycles. The molecule has 1 heterocycles. The number of aryl methyl sites for hydroxylation is 1. The molecule has 0 atom stereocenters. The molecule has 2 heteroatoms. The van der Waals surface area contributed by atoms with Gasteiger partial charge in [-0.3, -0.25) is 0 Å². The first-order valence-corrected chi connectivity index (χ1v) is 6.92. The topological polar surface area (TPSA) is 15.3 Å². The Morgan fingerprint density at radius 2 is 1.84 bits per heavy atom. The molecule has 0 spiro atoms. The minimum Gasteiger partial charge on any atom is -0.385 e. The summed E-state index contributed by atoms with van der Waals surface area (Å²) in [4.78, 5) is 2.28. The highest BCUT2D eigenvalue weighted by molar-refractivity contribution is 5.73. The molecule has 0 aliphatic carbocycles. The molecule has 0 unspecified atom stereocenters. The van der Waals surface area contributed by atoms with Gasteiger partial charge >= 0.3 is 0 Å². The third kappa shape index (κ3) is 2.30. The van der Waals surface area contributed by atoms with Crippen molar-refractivity contribution in [3.63, 3.8) is 0 Å². The maximum absolute atomic E-state index is 3.49. The summed E-state index contributed by atoms with van der Waals surface area (Å²) in [5, 5.41) is 3.49. The lowest BCUT2D eigenvalue weighted by molar-refractivity contribution is 0.828. The minimum atomic E-state index is 1.09. The molecule has 2 aromatic carbocycles. The fourth-order valence-electron chi connectivity index (χ4n) is 2.71. The van der Waals surface area contributed by atoms with Crippen molar-refractivity contribution in [2.24, 2.45) is 0 Å². The fraction of sp³-hybridized carbons (Fsp3) is 0.294. The maximum atomic E-state index is 3.49. The molecule has 19 heavy (non-hydrogen) atoms. The third-order valence-electron chi connectivity index (χ3n) is 3.85. The van der Waals surface area contributed by atoms with Crippen LogP contribution in [0.2, 0.25) is 0 Å². The van der Waals surface area contributed by atoms with E-state index in [2.05, 4.69) is 66.7 Å². The van der Waals surface area contributed by atoms with Crippen molar-refractivity contribution < 1.29 is 0 Å². The lowest BCUT2D eigenvalue weighted by Gasteiger charge is -2.27. The Balaban J connectivity index is 1.99. The summed E-state index contributed by atoms with van der Waals surface area (Å²) < 4.78 is 0. The predicted octanol–water partition coefficient (Wildman–Crippen LogP) is 4.12. The predicted molar refractivity (Wildman–Crippen MR) is 82.5 cm³/mol. The quantitative estimate of drug-likeness (QED) is 0.865. The number of nitrogens with one attached hydrogen (secondary N) is 1. The first kappa shape index (κ1) is 12.1. The van der Waals surface area contributed by atoms with E-state index in [0.29, 0.717) is 0 Å². The highest BCUT2D eigenvalue weighted by Crippen LogP contribution is 2.34. The number of benzene rings is 2. The summed E-state index contributed by atoms with van der Waals surface area (Å²) in [5.74, 6) is 0. The molecule has 0 saturated heterocycles. The van der Waals surface area contributed by atoms with E-state index in [1.165, 1.54) is 34.6 Å². The SMILES string of the molecule is Cc1ccc(N(C)c2cccc3c2CCCN3)cc1. The van der Waals surface area contributed by atoms with Crippen LogP contribution in [0.4, 0.5) is 17.1 Å². The zero-order chi connectivity index (χ0) is 13.2. The number of anilines is 3. The monoisotopic (exact) mass is 252 g/mol. The molecule has 0 aromatic heterocycles. The molecule has 3 rings (SSSR count). The molecule has 2 nitrogen and oxygen atoms in total. The van der Waals surface area contributed by atoms with Crippen LogP contribution < -0.4 is 10.2 Å². The van der Waals surface area contributed by atoms with E-state index in [4.69, 9.17) is 0 Å². The fourth-order valence-corrected chi connectivity index (χ4v) is 2.71. The summed E-state index contributed by atoms with van der Waals surface area (Å²) in [6, 6.07) is 15.2. The lowest BCUT2D eigenvalue weighted by atomic mass is 10.0. The van der Waals surface area contributed by atoms with Gasteiger partial charge in [-0.1, -0.05) is 23.8 Å². The zero-order valence-corrected chi connectivity index (χ0v) is 11.6. The van der Waals surface area contributed by atoms with Crippen molar-refractivity contribution in [3.8, 4) is 0 Å². The van der Waals surface area contributed by atoms with Gasteiger partial charge in [0.1, 0.15) is 0 Å². The number of hydrogen-bond donors (Lipinski definition) is 1. The Bertz CT molecular complexity index is 572. The van der Waals surface area contributed by atoms with E-state index >= 15 is 0 Å². The Morgan fingerprint density at radius 1 is 1.05 bits per heavy atom. The molecule has 1 aliphatic rings. The summed E-state index contributed by atoms with van der Waals surface area (Å²) in [7, 11) is 2.15. The molecule has 2 aromatic rings. The number of rotatable bonds is 2. The molecule has 0 fully saturated rings. The van der Waals surface area contributed by atoms with Crippen molar-refractivity contribution in [1.29, 1.82) is 0 Å². The van der Waals surface area contributed by atoms with Crippen LogP contribution in [0.15, 0.2) is 42.5 Å². The van der Waals surface area contributed by atoms with Crippen molar-refractivity contribution in [2.75, 3.05) is 23.8 Å². The highest BCUT2D eigenvalue weighted by atomic mass is 15.1. The summed E-state index contributed by atoms with van der Waals surface area (Å²) >= 11 is 0. The highest BCUT2D eigenvalue weighted by Gasteiger charge is 2.15. The Kier molecular flexibility index (Phi) is 3.16. The average Bonchev–Trinajstić information content (AvgIpc) is 2.47. The molecular weight excluding hydrogens is 232 g/mol. The second-order valence-electron chi connectivity index (χ2n) is 5.23. The smallest absolute Gasteiger partial charge is 0.0461 e. The molecule has 0 amide bonds. The van der Waals surface area contributed by atoms with Crippen LogP contribution in [-0.2, 0) is 6.42 Å². The number of nitrogens with zero attached hydrogens (tertiary/aromatic N) is 1. The summed E-state index contributed by atoms with van der Waals surface area (Å²) in [6.45, 7) is 3.21. The maximum Gasteiger partial charge on any atom is 0.0461 e. The van der Waals surface area contributed by atoms with Gasteiger partial charge in [0.05, 0.1) is 0 Å². The van der Waals surface area contributed by atoms with Gasteiger partial charge in [-0.05, 0) is 49.6 Å². The van der Waals surface area contributed by atoms with Gasteiger partial charge in [0.2, 0.25) is 0 Å². The van der Waals surface area contributed by atoms with Gasteiger partial charge in [0.15, 0.2) is 0 Å². The van der Waals surface area contributed by atoms with E-state index in [-0.39, 0.29) is 0 Å². The van der Waals surface area contributed by atoms with Crippen molar-refractivity contribution in [1.82, 2.24) is 0 Å². The van der Waals surface area contributed by atoms with Gasteiger partial charge in [0, 0.05) is 30.7 Å². The molecule has 0 bridgehead atoms. The Morgan fingerprint density at radius 3 is 2.63 bits per heavy atom. The number of fused-ring (bicyclic) bond motifs is 1. The molecular formula is C17H20N2. The van der Waals surface area contributed by atoms with Gasteiger partial charge in [-0.2, -0.15) is 0 Å². The average molecular weight is 252 g/mol. The van der Waals surface area contributed by atoms with Gasteiger partial charge in [-0.15, -0.1) is 0 Å². The minimum absolute atomic E-state index is 1.09. The van der Waals surface area contributed by atoms with Crippen molar-refractivity contribution in [2.45, 2.75) is 19.8 Å². The van der Waals surface area contributed by atoms with Gasteiger partial charge in [-0.25, -0.2) is 0 Å². The van der Waals surface area contributed by atoms with Crippen LogP contribution in [0, 0.1) is 6.92 Å². The van der Waals surface area contributed by atoms with E-state index in [1.807, 2.05) is 0 Å². The van der Waals surface area contributed by atoms with Crippen molar-refractivity contribution in [3.05, 3.63) is 53.6 Å². The largest absolute Gasteiger partial charge is 0.385 e. The first-order chi connectivity index (χ1) is 9.25. The summed E-state index contributed by atoms with van der Waals surface area (Å²) in [5.41, 5.74) is 6.59. The van der Waals surface area contributed by atoms with Crippen LogP contribution >= 0.6 is 0 Å². The Hall–Kier alpha value is -1.96. The zero-order valence-electron chi connectivity index (χ0n) is 11.6. The van der Waals surface area contributed by atoms with E-state index < -0.39 is 0 Å². The molecule has 1 N–H and O–H groups in total. The van der Waals surface area contributed by atoms with E-state index in [9.17, 15) is 0 Å². The standard InChI is InChI=1S/C17H20N2/c1-13-8-10-14(11-9-13)19(2)17-7-3-6-16-15(17)5-4-12-18-16/h3,6-11,18H,4-5,12H2,1-2H3. The van der Waals surface area contributed by atoms with E-state index in [1.54, 1.807) is 0 Å². The molecule has 0 radical (unpaired) electrons. The molecule has 98 valence electrons. The second-order valence-corrected chi connectivity index (χ2v) is 5.23. The van der Waals surface area contributed by atoms with Gasteiger partial charge in [0.25, 0.3) is 0 Å². The summed E-state index contributed by atoms with van der Waals surface area (Å²) in [6.07, 6.45) is 2.38. The van der Waals surface area contributed by atoms with Crippen molar-refractivity contribution >= 4 is 17.1 Å². The van der Waals surface area contributed by atoms with E-state index in [0.717, 1.165) is 13.0 Å². The van der Waals surface area contributed by atoms with Crippen LogP contribution in [0.25, 0.3) is 0 Å². The van der Waals surface area contributed by atoms with Crippen LogP contribution in [0.1, 0.15) is 17.5 Å². The Labute approximate surface area is 115 Å². The van der Waals surface area contributed by atoms with Crippen LogP contribution in [-0.4, -0.2) is 13.6 Å². The normalized spacial score (nSPS) is 13.6. The number of hydrogen-bond acceptors (Lipinski definition) is 2. The van der Waals surface area contributed by atoms with Crippen LogP contribution in [0.5, 0.6) is 0 Å². The van der Waals surface area contributed by atoms with Crippen LogP contribution in [0.3, 0.4) is 0 Å². The van der Waals surface area contributed by atoms with Gasteiger partial charge < -0.3 is 10.2 Å². The lowest BCUT2D eigenvalue weighted by Crippen LogP contribution is -2.17. The first-order valence-electron chi connectivity index (χ1n) is 6.92. The third-order valence-corrected chi connectivity index (χ3v) is 3.85. The second kappa shape index (κ2) is 4.96. The molecule has 0 saturated carbocycles.